The number of allylic oxidation sites excluding steroid dienone is 3. The molecule has 1 aromatic heterocycles. The topological polar surface area (TPSA) is 8.17 Å². The smallest absolute Gasteiger partial charge is 0.0634 e. The number of aromatic nitrogens is 1. The molecule has 0 aliphatic rings. The van der Waals surface area contributed by atoms with Crippen LogP contribution in [0.25, 0.3) is 0 Å². The molecule has 1 heterocycles. The van der Waals surface area contributed by atoms with Crippen molar-refractivity contribution in [1.29, 1.82) is 0 Å². The number of benzene rings is 1. The highest BCUT2D eigenvalue weighted by atomic mass is 15.2. The number of anilines is 1. The van der Waals surface area contributed by atoms with Gasteiger partial charge in [0.15, 0.2) is 0 Å². The van der Waals surface area contributed by atoms with Gasteiger partial charge in [0.2, 0.25) is 0 Å². The van der Waals surface area contributed by atoms with Crippen LogP contribution in [0, 0.1) is 0 Å². The van der Waals surface area contributed by atoms with Crippen LogP contribution in [0.4, 0.5) is 5.69 Å². The van der Waals surface area contributed by atoms with Gasteiger partial charge in [0, 0.05) is 29.8 Å². The summed E-state index contributed by atoms with van der Waals surface area (Å²) in [4.78, 5) is 2.25. The predicted molar refractivity (Wildman–Crippen MR) is 91.2 cm³/mol. The highest BCUT2D eigenvalue weighted by Crippen LogP contribution is 2.22. The van der Waals surface area contributed by atoms with E-state index in [2.05, 4.69) is 72.1 Å². The average molecular weight is 278 g/mol. The van der Waals surface area contributed by atoms with E-state index in [0.29, 0.717) is 0 Å². The average Bonchev–Trinajstić information content (AvgIpc) is 2.99. The van der Waals surface area contributed by atoms with Crippen molar-refractivity contribution in [3.05, 3.63) is 91.4 Å². The van der Waals surface area contributed by atoms with Crippen molar-refractivity contribution in [3.63, 3.8) is 0 Å². The Balaban J connectivity index is 2.39. The highest BCUT2D eigenvalue weighted by Gasteiger charge is 2.11. The summed E-state index contributed by atoms with van der Waals surface area (Å²) >= 11 is 0. The number of hydrogen-bond donors (Lipinski definition) is 0. The van der Waals surface area contributed by atoms with E-state index in [9.17, 15) is 0 Å². The van der Waals surface area contributed by atoms with E-state index in [4.69, 9.17) is 0 Å². The highest BCUT2D eigenvalue weighted by molar-refractivity contribution is 5.55. The number of aryl methyl sites for hydroxylation is 1. The minimum atomic E-state index is 0.802. The lowest BCUT2D eigenvalue weighted by molar-refractivity contribution is 0.705. The molecule has 0 saturated carbocycles. The summed E-state index contributed by atoms with van der Waals surface area (Å²) < 4.78 is 2.25. The molecular formula is C19H22N2. The Hall–Kier alpha value is -2.48. The van der Waals surface area contributed by atoms with E-state index in [-0.39, 0.29) is 0 Å². The molecule has 0 aliphatic heterocycles. The van der Waals surface area contributed by atoms with Gasteiger partial charge in [-0.2, -0.15) is 0 Å². The normalized spacial score (nSPS) is 11.2. The van der Waals surface area contributed by atoms with Gasteiger partial charge in [-0.1, -0.05) is 37.4 Å². The van der Waals surface area contributed by atoms with Crippen molar-refractivity contribution in [3.8, 4) is 0 Å². The first-order chi connectivity index (χ1) is 10.3. The van der Waals surface area contributed by atoms with Gasteiger partial charge in [-0.25, -0.2) is 0 Å². The molecule has 2 heteroatoms. The number of nitrogens with zero attached hydrogens (tertiary/aromatic N) is 2. The van der Waals surface area contributed by atoms with E-state index in [0.717, 1.165) is 24.5 Å². The first kappa shape index (κ1) is 14.9. The molecule has 2 aromatic rings. The summed E-state index contributed by atoms with van der Waals surface area (Å²) in [6.45, 7) is 11.7. The lowest BCUT2D eigenvalue weighted by Crippen LogP contribution is -2.22. The molecule has 0 radical (unpaired) electrons. The van der Waals surface area contributed by atoms with Gasteiger partial charge in [0.1, 0.15) is 0 Å². The second-order valence-electron chi connectivity index (χ2n) is 4.74. The van der Waals surface area contributed by atoms with E-state index in [1.165, 1.54) is 5.69 Å². The summed E-state index contributed by atoms with van der Waals surface area (Å²) in [7, 11) is 0. The van der Waals surface area contributed by atoms with Gasteiger partial charge < -0.3 is 9.47 Å². The first-order valence-electron chi connectivity index (χ1n) is 7.22. The molecule has 2 nitrogen and oxygen atoms in total. The summed E-state index contributed by atoms with van der Waals surface area (Å²) in [6, 6.07) is 14.6. The van der Waals surface area contributed by atoms with Crippen molar-refractivity contribution < 1.29 is 0 Å². The van der Waals surface area contributed by atoms with E-state index < -0.39 is 0 Å². The summed E-state index contributed by atoms with van der Waals surface area (Å²) in [5.41, 5.74) is 3.47. The fraction of sp³-hybridized carbons (Fsp3) is 0.158. The van der Waals surface area contributed by atoms with E-state index >= 15 is 0 Å². The summed E-state index contributed by atoms with van der Waals surface area (Å²) in [6.07, 6.45) is 7.77. The third-order valence-electron chi connectivity index (χ3n) is 3.46. The Morgan fingerprint density at radius 1 is 1.14 bits per heavy atom. The van der Waals surface area contributed by atoms with Crippen molar-refractivity contribution in [1.82, 2.24) is 4.57 Å². The Kier molecular flexibility index (Phi) is 5.22. The van der Waals surface area contributed by atoms with E-state index in [1.807, 2.05) is 18.2 Å². The molecule has 0 amide bonds. The Morgan fingerprint density at radius 2 is 1.90 bits per heavy atom. The van der Waals surface area contributed by atoms with Crippen LogP contribution in [0.3, 0.4) is 0 Å². The maximum atomic E-state index is 3.93. The molecule has 0 saturated heterocycles. The van der Waals surface area contributed by atoms with Crippen LogP contribution in [-0.4, -0.2) is 4.57 Å². The Morgan fingerprint density at radius 3 is 2.52 bits per heavy atom. The zero-order chi connectivity index (χ0) is 15.1. The molecule has 0 N–H and O–H groups in total. The van der Waals surface area contributed by atoms with Crippen LogP contribution in [-0.2, 0) is 13.1 Å². The predicted octanol–water partition coefficient (Wildman–Crippen LogP) is 4.77. The molecule has 0 atom stereocenters. The molecular weight excluding hydrogens is 256 g/mol. The second kappa shape index (κ2) is 7.34. The van der Waals surface area contributed by atoms with Crippen LogP contribution in [0.15, 0.2) is 85.7 Å². The summed E-state index contributed by atoms with van der Waals surface area (Å²) in [5.74, 6) is 0. The third kappa shape index (κ3) is 3.54. The zero-order valence-corrected chi connectivity index (χ0v) is 12.6. The molecule has 2 rings (SSSR count). The van der Waals surface area contributed by atoms with Crippen molar-refractivity contribution in [2.24, 2.45) is 0 Å². The molecule has 0 spiro atoms. The maximum absolute atomic E-state index is 3.93. The largest absolute Gasteiger partial charge is 0.350 e. The second-order valence-corrected chi connectivity index (χ2v) is 4.74. The van der Waals surface area contributed by atoms with Crippen LogP contribution in [0.2, 0.25) is 0 Å². The van der Waals surface area contributed by atoms with E-state index in [1.54, 1.807) is 6.08 Å². The van der Waals surface area contributed by atoms with Gasteiger partial charge in [-0.15, -0.1) is 0 Å². The van der Waals surface area contributed by atoms with Gasteiger partial charge in [0.25, 0.3) is 0 Å². The molecule has 0 aliphatic carbocycles. The molecule has 21 heavy (non-hydrogen) atoms. The lowest BCUT2D eigenvalue weighted by Gasteiger charge is -2.26. The minimum Gasteiger partial charge on any atom is -0.350 e. The fourth-order valence-electron chi connectivity index (χ4n) is 2.39. The van der Waals surface area contributed by atoms with Gasteiger partial charge in [-0.05, 0) is 43.3 Å². The number of hydrogen-bond acceptors (Lipinski definition) is 1. The molecule has 0 fully saturated rings. The monoisotopic (exact) mass is 278 g/mol. The number of para-hydroxylation sites is 1. The van der Waals surface area contributed by atoms with Gasteiger partial charge >= 0.3 is 0 Å². The number of rotatable bonds is 7. The summed E-state index contributed by atoms with van der Waals surface area (Å²) in [5, 5.41) is 0. The fourth-order valence-corrected chi connectivity index (χ4v) is 2.39. The third-order valence-corrected chi connectivity index (χ3v) is 3.46. The van der Waals surface area contributed by atoms with Crippen LogP contribution in [0.5, 0.6) is 0 Å². The molecule has 0 bridgehead atoms. The van der Waals surface area contributed by atoms with Gasteiger partial charge in [-0.3, -0.25) is 0 Å². The van der Waals surface area contributed by atoms with Crippen molar-refractivity contribution in [2.45, 2.75) is 20.0 Å². The molecule has 0 unspecified atom stereocenters. The molecule has 108 valence electrons. The molecule has 1 aromatic carbocycles. The van der Waals surface area contributed by atoms with Crippen molar-refractivity contribution >= 4 is 5.69 Å². The van der Waals surface area contributed by atoms with Crippen LogP contribution < -0.4 is 4.90 Å². The van der Waals surface area contributed by atoms with Crippen molar-refractivity contribution in [2.75, 3.05) is 4.90 Å². The SMILES string of the molecule is C=C/C=C(\C=C)N(Cc1cccn1CC)c1ccccc1. The van der Waals surface area contributed by atoms with Gasteiger partial charge in [0.05, 0.1) is 6.54 Å². The van der Waals surface area contributed by atoms with Crippen LogP contribution >= 0.6 is 0 Å². The standard InChI is InChI=1S/C19H22N2/c1-4-11-17(5-2)21(18-12-8-7-9-13-18)16-19-14-10-15-20(19)6-3/h4-5,7-15H,1-2,6,16H2,3H3/b17-11+. The zero-order valence-electron chi connectivity index (χ0n) is 12.6. The lowest BCUT2D eigenvalue weighted by atomic mass is 10.2. The Bertz CT molecular complexity index is 620. The maximum Gasteiger partial charge on any atom is 0.0634 e. The first-order valence-corrected chi connectivity index (χ1v) is 7.22. The quantitative estimate of drug-likeness (QED) is 0.662. The Labute approximate surface area is 127 Å². The van der Waals surface area contributed by atoms with Crippen LogP contribution in [0.1, 0.15) is 12.6 Å². The minimum absolute atomic E-state index is 0.802.